The molecule has 1 heterocycles. The van der Waals surface area contributed by atoms with E-state index in [0.717, 1.165) is 39.0 Å². The Morgan fingerprint density at radius 3 is 2.33 bits per heavy atom. The first-order chi connectivity index (χ1) is 7.20. The van der Waals surface area contributed by atoms with Crippen LogP contribution in [0.5, 0.6) is 0 Å². The van der Waals surface area contributed by atoms with Crippen LogP contribution >= 0.6 is 0 Å². The van der Waals surface area contributed by atoms with Crippen LogP contribution < -0.4 is 5.32 Å². The lowest BCUT2D eigenvalue weighted by molar-refractivity contribution is 0.138. The molecule has 1 fully saturated rings. The molecule has 1 aliphatic heterocycles. The topological polar surface area (TPSA) is 35.6 Å². The number of hydrogen-bond acceptors (Lipinski definition) is 2. The number of carbonyl (C=O) groups is 1. The Labute approximate surface area is 92.6 Å². The first kappa shape index (κ1) is 12.3. The molecule has 1 rings (SSSR count). The van der Waals surface area contributed by atoms with E-state index >= 15 is 0 Å². The van der Waals surface area contributed by atoms with Crippen molar-refractivity contribution in [3.05, 3.63) is 0 Å². The second-order valence-electron chi connectivity index (χ2n) is 4.10. The van der Waals surface area contributed by atoms with Crippen LogP contribution in [0, 0.1) is 0 Å². The maximum Gasteiger partial charge on any atom is 0.320 e. The highest BCUT2D eigenvalue weighted by Crippen LogP contribution is 2.09. The molecule has 0 bridgehead atoms. The van der Waals surface area contributed by atoms with E-state index in [-0.39, 0.29) is 6.03 Å². The predicted octanol–water partition coefficient (Wildman–Crippen LogP) is 1.13. The van der Waals surface area contributed by atoms with Crippen molar-refractivity contribution < 1.29 is 4.79 Å². The minimum Gasteiger partial charge on any atom is -0.325 e. The molecule has 1 N–H and O–H groups in total. The third-order valence-electron chi connectivity index (χ3n) is 3.18. The largest absolute Gasteiger partial charge is 0.325 e. The molecular formula is C11H23N3O. The molecule has 0 spiro atoms. The molecule has 15 heavy (non-hydrogen) atoms. The summed E-state index contributed by atoms with van der Waals surface area (Å²) in [6.07, 6.45) is 2.07. The van der Waals surface area contributed by atoms with Gasteiger partial charge in [0.2, 0.25) is 0 Å². The van der Waals surface area contributed by atoms with E-state index in [0.29, 0.717) is 6.04 Å². The monoisotopic (exact) mass is 213 g/mol. The fraction of sp³-hybridized carbons (Fsp3) is 0.909. The molecule has 4 nitrogen and oxygen atoms in total. The highest BCUT2D eigenvalue weighted by atomic mass is 16.2. The zero-order valence-electron chi connectivity index (χ0n) is 10.1. The molecule has 0 aliphatic carbocycles. The molecule has 0 saturated carbocycles. The van der Waals surface area contributed by atoms with Crippen molar-refractivity contribution in [1.29, 1.82) is 0 Å². The Hall–Kier alpha value is -0.770. The van der Waals surface area contributed by atoms with E-state index in [1.165, 1.54) is 0 Å². The van der Waals surface area contributed by atoms with E-state index < -0.39 is 0 Å². The Morgan fingerprint density at radius 2 is 1.87 bits per heavy atom. The standard InChI is InChI=1S/C11H23N3O/c1-4-10(5-2)13(3)11(15)14-8-6-12-7-9-14/h10,12H,4-9H2,1-3H3. The van der Waals surface area contributed by atoms with Gasteiger partial charge in [0, 0.05) is 39.3 Å². The number of piperazine rings is 1. The molecule has 4 heteroatoms. The van der Waals surface area contributed by atoms with E-state index in [9.17, 15) is 4.79 Å². The summed E-state index contributed by atoms with van der Waals surface area (Å²) in [5.74, 6) is 0. The third kappa shape index (κ3) is 3.09. The maximum absolute atomic E-state index is 12.1. The molecule has 0 aromatic rings. The fourth-order valence-corrected chi connectivity index (χ4v) is 2.07. The summed E-state index contributed by atoms with van der Waals surface area (Å²) in [5, 5.41) is 3.25. The molecular weight excluding hydrogens is 190 g/mol. The van der Waals surface area contributed by atoms with Crippen LogP contribution in [0.2, 0.25) is 0 Å². The Bertz CT molecular complexity index is 198. The van der Waals surface area contributed by atoms with E-state index in [2.05, 4.69) is 19.2 Å². The summed E-state index contributed by atoms with van der Waals surface area (Å²) in [7, 11) is 1.92. The van der Waals surface area contributed by atoms with Crippen LogP contribution in [-0.2, 0) is 0 Å². The fourth-order valence-electron chi connectivity index (χ4n) is 2.07. The zero-order chi connectivity index (χ0) is 11.3. The van der Waals surface area contributed by atoms with Gasteiger partial charge in [-0.05, 0) is 12.8 Å². The molecule has 0 radical (unpaired) electrons. The summed E-state index contributed by atoms with van der Waals surface area (Å²) < 4.78 is 0. The van der Waals surface area contributed by atoms with Crippen molar-refractivity contribution in [3.63, 3.8) is 0 Å². The first-order valence-corrected chi connectivity index (χ1v) is 5.93. The molecule has 1 saturated heterocycles. The third-order valence-corrected chi connectivity index (χ3v) is 3.18. The lowest BCUT2D eigenvalue weighted by Crippen LogP contribution is -2.52. The number of amides is 2. The number of carbonyl (C=O) groups excluding carboxylic acids is 1. The lowest BCUT2D eigenvalue weighted by atomic mass is 10.1. The number of hydrogen-bond donors (Lipinski definition) is 1. The van der Waals surface area contributed by atoms with Gasteiger partial charge in [0.25, 0.3) is 0 Å². The summed E-state index contributed by atoms with van der Waals surface area (Å²) in [5.41, 5.74) is 0. The number of urea groups is 1. The molecule has 88 valence electrons. The van der Waals surface area contributed by atoms with Gasteiger partial charge in [0.1, 0.15) is 0 Å². The number of nitrogens with one attached hydrogen (secondary N) is 1. The van der Waals surface area contributed by atoms with Crippen molar-refractivity contribution in [2.75, 3.05) is 33.2 Å². The second kappa shape index (κ2) is 5.95. The van der Waals surface area contributed by atoms with Crippen molar-refractivity contribution >= 4 is 6.03 Å². The molecule has 1 aliphatic rings. The van der Waals surface area contributed by atoms with Crippen molar-refractivity contribution in [2.24, 2.45) is 0 Å². The van der Waals surface area contributed by atoms with Crippen LogP contribution in [-0.4, -0.2) is 55.1 Å². The second-order valence-corrected chi connectivity index (χ2v) is 4.10. The van der Waals surface area contributed by atoms with Crippen molar-refractivity contribution in [2.45, 2.75) is 32.7 Å². The SMILES string of the molecule is CCC(CC)N(C)C(=O)N1CCNCC1. The molecule has 0 aromatic carbocycles. The number of nitrogens with zero attached hydrogens (tertiary/aromatic N) is 2. The van der Waals surface area contributed by atoms with Crippen LogP contribution in [0.4, 0.5) is 4.79 Å². The Kier molecular flexibility index (Phi) is 4.88. The van der Waals surface area contributed by atoms with Gasteiger partial charge in [0.05, 0.1) is 0 Å². The van der Waals surface area contributed by atoms with E-state index in [1.807, 2.05) is 16.8 Å². The van der Waals surface area contributed by atoms with Gasteiger partial charge in [-0.2, -0.15) is 0 Å². The Balaban J connectivity index is 2.49. The van der Waals surface area contributed by atoms with Gasteiger partial charge in [-0.25, -0.2) is 4.79 Å². The summed E-state index contributed by atoms with van der Waals surface area (Å²) in [6.45, 7) is 7.78. The van der Waals surface area contributed by atoms with E-state index in [4.69, 9.17) is 0 Å². The summed E-state index contributed by atoms with van der Waals surface area (Å²) in [4.78, 5) is 15.9. The van der Waals surface area contributed by atoms with Gasteiger partial charge < -0.3 is 15.1 Å². The minimum atomic E-state index is 0.185. The van der Waals surface area contributed by atoms with E-state index in [1.54, 1.807) is 0 Å². The lowest BCUT2D eigenvalue weighted by Gasteiger charge is -2.34. The first-order valence-electron chi connectivity index (χ1n) is 5.93. The predicted molar refractivity (Wildman–Crippen MR) is 62.0 cm³/mol. The quantitative estimate of drug-likeness (QED) is 0.763. The number of rotatable bonds is 3. The smallest absolute Gasteiger partial charge is 0.320 e. The summed E-state index contributed by atoms with van der Waals surface area (Å²) in [6, 6.07) is 0.567. The summed E-state index contributed by atoms with van der Waals surface area (Å²) >= 11 is 0. The molecule has 0 unspecified atom stereocenters. The van der Waals surface area contributed by atoms with Gasteiger partial charge >= 0.3 is 6.03 Å². The van der Waals surface area contributed by atoms with Crippen molar-refractivity contribution in [3.8, 4) is 0 Å². The molecule has 2 amide bonds. The molecule has 0 atom stereocenters. The van der Waals surface area contributed by atoms with Crippen LogP contribution in [0.1, 0.15) is 26.7 Å². The van der Waals surface area contributed by atoms with Crippen molar-refractivity contribution in [1.82, 2.24) is 15.1 Å². The zero-order valence-corrected chi connectivity index (χ0v) is 10.1. The van der Waals surface area contributed by atoms with Gasteiger partial charge in [-0.1, -0.05) is 13.8 Å². The van der Waals surface area contributed by atoms with Gasteiger partial charge in [-0.3, -0.25) is 0 Å². The molecule has 0 aromatic heterocycles. The van der Waals surface area contributed by atoms with Gasteiger partial charge in [0.15, 0.2) is 0 Å². The average Bonchev–Trinajstić information content (AvgIpc) is 2.30. The van der Waals surface area contributed by atoms with Gasteiger partial charge in [-0.15, -0.1) is 0 Å². The van der Waals surface area contributed by atoms with Crippen LogP contribution in [0.15, 0.2) is 0 Å². The maximum atomic E-state index is 12.1. The Morgan fingerprint density at radius 1 is 1.33 bits per heavy atom. The van der Waals surface area contributed by atoms with Crippen LogP contribution in [0.25, 0.3) is 0 Å². The van der Waals surface area contributed by atoms with Crippen LogP contribution in [0.3, 0.4) is 0 Å². The normalized spacial score (nSPS) is 16.9. The average molecular weight is 213 g/mol. The minimum absolute atomic E-state index is 0.185. The highest BCUT2D eigenvalue weighted by Gasteiger charge is 2.23. The highest BCUT2D eigenvalue weighted by molar-refractivity contribution is 5.74.